The number of aromatic amines is 1. The average Bonchev–Trinajstić information content (AvgIpc) is 2.59. The summed E-state index contributed by atoms with van der Waals surface area (Å²) in [5, 5.41) is 6.80. The summed E-state index contributed by atoms with van der Waals surface area (Å²) < 4.78 is 26.6. The summed E-state index contributed by atoms with van der Waals surface area (Å²) in [6.45, 7) is 5.20. The summed E-state index contributed by atoms with van der Waals surface area (Å²) in [4.78, 5) is 2.07. The van der Waals surface area contributed by atoms with Crippen LogP contribution in [0.4, 0.5) is 8.78 Å². The molecule has 0 aliphatic carbocycles. The van der Waals surface area contributed by atoms with Gasteiger partial charge in [-0.15, -0.1) is 0 Å². The van der Waals surface area contributed by atoms with Crippen molar-refractivity contribution in [3.8, 4) is 0 Å². The standard InChI is InChI=1S/C11H17F2N3/c1-8-6-16(4-3-11(8,12)13)7-10-5-14-15-9(10)2/h5,8H,3-4,6-7H2,1-2H3,(H,14,15)/t8-/m0/s1. The molecule has 2 rings (SSSR count). The fourth-order valence-corrected chi connectivity index (χ4v) is 2.09. The summed E-state index contributed by atoms with van der Waals surface area (Å²) >= 11 is 0. The normalized spacial score (nSPS) is 25.9. The maximum absolute atomic E-state index is 13.3. The highest BCUT2D eigenvalue weighted by Crippen LogP contribution is 2.33. The molecule has 1 aliphatic heterocycles. The first-order chi connectivity index (χ1) is 7.49. The highest BCUT2D eigenvalue weighted by Gasteiger charge is 2.40. The molecule has 1 aromatic heterocycles. The molecule has 90 valence electrons. The molecule has 2 heterocycles. The van der Waals surface area contributed by atoms with E-state index >= 15 is 0 Å². The van der Waals surface area contributed by atoms with Gasteiger partial charge in [-0.2, -0.15) is 5.10 Å². The number of H-pyrrole nitrogens is 1. The molecule has 0 radical (unpaired) electrons. The van der Waals surface area contributed by atoms with Gasteiger partial charge in [-0.1, -0.05) is 6.92 Å². The van der Waals surface area contributed by atoms with Crippen LogP contribution in [0.5, 0.6) is 0 Å². The number of aromatic nitrogens is 2. The molecule has 1 saturated heterocycles. The molecule has 0 amide bonds. The topological polar surface area (TPSA) is 31.9 Å². The van der Waals surface area contributed by atoms with E-state index in [0.29, 0.717) is 19.6 Å². The van der Waals surface area contributed by atoms with Crippen LogP contribution in [-0.2, 0) is 6.54 Å². The van der Waals surface area contributed by atoms with Crippen molar-refractivity contribution < 1.29 is 8.78 Å². The molecule has 0 aromatic carbocycles. The Kier molecular flexibility index (Phi) is 2.97. The number of halogens is 2. The molecule has 3 nitrogen and oxygen atoms in total. The second-order valence-electron chi connectivity index (χ2n) is 4.67. The molecule has 0 saturated carbocycles. The Labute approximate surface area is 93.8 Å². The summed E-state index contributed by atoms with van der Waals surface area (Å²) in [5.74, 6) is -3.06. The maximum Gasteiger partial charge on any atom is 0.253 e. The van der Waals surface area contributed by atoms with E-state index in [9.17, 15) is 8.78 Å². The number of alkyl halides is 2. The molecular weight excluding hydrogens is 212 g/mol. The third-order valence-electron chi connectivity index (χ3n) is 3.34. The number of piperidine rings is 1. The highest BCUT2D eigenvalue weighted by molar-refractivity contribution is 5.14. The van der Waals surface area contributed by atoms with Crippen molar-refractivity contribution in [2.24, 2.45) is 5.92 Å². The van der Waals surface area contributed by atoms with E-state index in [1.54, 1.807) is 13.1 Å². The van der Waals surface area contributed by atoms with Crippen LogP contribution in [0.2, 0.25) is 0 Å². The molecule has 1 N–H and O–H groups in total. The smallest absolute Gasteiger partial charge is 0.253 e. The second-order valence-corrected chi connectivity index (χ2v) is 4.67. The van der Waals surface area contributed by atoms with Gasteiger partial charge in [0.2, 0.25) is 0 Å². The van der Waals surface area contributed by atoms with E-state index in [0.717, 1.165) is 11.3 Å². The second kappa shape index (κ2) is 4.13. The minimum absolute atomic E-state index is 0.0366. The van der Waals surface area contributed by atoms with E-state index in [-0.39, 0.29) is 6.42 Å². The lowest BCUT2D eigenvalue weighted by Gasteiger charge is -2.36. The van der Waals surface area contributed by atoms with Crippen molar-refractivity contribution in [3.63, 3.8) is 0 Å². The lowest BCUT2D eigenvalue weighted by atomic mass is 9.95. The Bertz CT molecular complexity index is 362. The third-order valence-corrected chi connectivity index (χ3v) is 3.34. The van der Waals surface area contributed by atoms with Gasteiger partial charge in [0.25, 0.3) is 5.92 Å². The number of rotatable bonds is 2. The number of aryl methyl sites for hydroxylation is 1. The quantitative estimate of drug-likeness (QED) is 0.843. The van der Waals surface area contributed by atoms with E-state index in [1.165, 1.54) is 0 Å². The Hall–Kier alpha value is -0.970. The summed E-state index contributed by atoms with van der Waals surface area (Å²) in [6, 6.07) is 0. The Morgan fingerprint density at radius 1 is 1.62 bits per heavy atom. The lowest BCUT2D eigenvalue weighted by Crippen LogP contribution is -2.45. The molecule has 1 aromatic rings. The Morgan fingerprint density at radius 3 is 2.94 bits per heavy atom. The van der Waals surface area contributed by atoms with E-state index in [4.69, 9.17) is 0 Å². The molecule has 1 fully saturated rings. The van der Waals surface area contributed by atoms with Crippen LogP contribution >= 0.6 is 0 Å². The van der Waals surface area contributed by atoms with Crippen LogP contribution in [0.3, 0.4) is 0 Å². The van der Waals surface area contributed by atoms with Gasteiger partial charge in [-0.05, 0) is 6.92 Å². The summed E-state index contributed by atoms with van der Waals surface area (Å²) in [6.07, 6.45) is 1.73. The fraction of sp³-hybridized carbons (Fsp3) is 0.727. The van der Waals surface area contributed by atoms with Gasteiger partial charge >= 0.3 is 0 Å². The van der Waals surface area contributed by atoms with Crippen LogP contribution in [0, 0.1) is 12.8 Å². The van der Waals surface area contributed by atoms with Crippen LogP contribution in [0.15, 0.2) is 6.20 Å². The fourth-order valence-electron chi connectivity index (χ4n) is 2.09. The average molecular weight is 229 g/mol. The highest BCUT2D eigenvalue weighted by atomic mass is 19.3. The molecule has 16 heavy (non-hydrogen) atoms. The van der Waals surface area contributed by atoms with E-state index in [2.05, 4.69) is 15.1 Å². The van der Waals surface area contributed by atoms with Gasteiger partial charge in [-0.3, -0.25) is 10.00 Å². The van der Waals surface area contributed by atoms with Crippen molar-refractivity contribution in [1.29, 1.82) is 0 Å². The molecule has 0 bridgehead atoms. The van der Waals surface area contributed by atoms with Crippen LogP contribution < -0.4 is 0 Å². The zero-order chi connectivity index (χ0) is 11.8. The molecule has 1 aliphatic rings. The number of nitrogens with zero attached hydrogens (tertiary/aromatic N) is 2. The molecular formula is C11H17F2N3. The zero-order valence-corrected chi connectivity index (χ0v) is 9.63. The van der Waals surface area contributed by atoms with Gasteiger partial charge in [0.15, 0.2) is 0 Å². The minimum atomic E-state index is -2.50. The van der Waals surface area contributed by atoms with Crippen LogP contribution in [-0.4, -0.2) is 34.1 Å². The zero-order valence-electron chi connectivity index (χ0n) is 9.63. The summed E-state index contributed by atoms with van der Waals surface area (Å²) in [5.41, 5.74) is 2.11. The van der Waals surface area contributed by atoms with Gasteiger partial charge in [0, 0.05) is 43.2 Å². The van der Waals surface area contributed by atoms with Gasteiger partial charge in [0.05, 0.1) is 6.20 Å². The number of nitrogens with one attached hydrogen (secondary N) is 1. The Balaban J connectivity index is 1.96. The van der Waals surface area contributed by atoms with Gasteiger partial charge < -0.3 is 0 Å². The van der Waals surface area contributed by atoms with Crippen molar-refractivity contribution in [3.05, 3.63) is 17.5 Å². The monoisotopic (exact) mass is 229 g/mol. The van der Waals surface area contributed by atoms with Crippen molar-refractivity contribution in [2.75, 3.05) is 13.1 Å². The van der Waals surface area contributed by atoms with E-state index < -0.39 is 11.8 Å². The molecule has 0 spiro atoms. The summed E-state index contributed by atoms with van der Waals surface area (Å²) in [7, 11) is 0. The Morgan fingerprint density at radius 2 is 2.38 bits per heavy atom. The van der Waals surface area contributed by atoms with Crippen molar-refractivity contribution >= 4 is 0 Å². The van der Waals surface area contributed by atoms with Crippen LogP contribution in [0.25, 0.3) is 0 Å². The number of hydrogen-bond donors (Lipinski definition) is 1. The maximum atomic E-state index is 13.3. The van der Waals surface area contributed by atoms with Crippen molar-refractivity contribution in [2.45, 2.75) is 32.7 Å². The SMILES string of the molecule is Cc1[nH]ncc1CN1CCC(F)(F)[C@@H](C)C1. The van der Waals surface area contributed by atoms with E-state index in [1.807, 2.05) is 6.92 Å². The molecule has 1 atom stereocenters. The first kappa shape index (κ1) is 11.5. The first-order valence-electron chi connectivity index (χ1n) is 5.58. The molecule has 5 heteroatoms. The van der Waals surface area contributed by atoms with Crippen molar-refractivity contribution in [1.82, 2.24) is 15.1 Å². The number of hydrogen-bond acceptors (Lipinski definition) is 2. The molecule has 0 unspecified atom stereocenters. The number of likely N-dealkylation sites (tertiary alicyclic amines) is 1. The largest absolute Gasteiger partial charge is 0.298 e. The predicted octanol–water partition coefficient (Wildman–Crippen LogP) is 2.20. The minimum Gasteiger partial charge on any atom is -0.298 e. The van der Waals surface area contributed by atoms with Gasteiger partial charge in [-0.25, -0.2) is 8.78 Å². The lowest BCUT2D eigenvalue weighted by molar-refractivity contribution is -0.100. The predicted molar refractivity (Wildman–Crippen MR) is 57.3 cm³/mol. The van der Waals surface area contributed by atoms with Gasteiger partial charge in [0.1, 0.15) is 0 Å². The first-order valence-corrected chi connectivity index (χ1v) is 5.58. The van der Waals surface area contributed by atoms with Crippen LogP contribution in [0.1, 0.15) is 24.6 Å². The third kappa shape index (κ3) is 2.24.